The molecule has 1 aliphatic rings. The van der Waals surface area contributed by atoms with Crippen molar-refractivity contribution in [3.05, 3.63) is 17.7 Å². The Morgan fingerprint density at radius 1 is 1.58 bits per heavy atom. The van der Waals surface area contributed by atoms with Crippen LogP contribution in [0.3, 0.4) is 0 Å². The molecule has 102 valence electrons. The van der Waals surface area contributed by atoms with Crippen molar-refractivity contribution in [2.75, 3.05) is 6.54 Å². The first-order valence-corrected chi connectivity index (χ1v) is 6.86. The van der Waals surface area contributed by atoms with E-state index in [1.165, 1.54) is 0 Å². The van der Waals surface area contributed by atoms with Crippen LogP contribution < -0.4 is 0 Å². The summed E-state index contributed by atoms with van der Waals surface area (Å²) in [6.45, 7) is 6.97. The largest absolute Gasteiger partial charge is 0.334 e. The van der Waals surface area contributed by atoms with Crippen molar-refractivity contribution in [3.8, 4) is 12.3 Å². The zero-order valence-corrected chi connectivity index (χ0v) is 11.8. The van der Waals surface area contributed by atoms with Gasteiger partial charge in [0.2, 0.25) is 5.91 Å². The summed E-state index contributed by atoms with van der Waals surface area (Å²) in [4.78, 5) is 21.9. The zero-order valence-electron chi connectivity index (χ0n) is 11.8. The fraction of sp³-hybridized carbons (Fsp3) is 0.600. The van der Waals surface area contributed by atoms with Gasteiger partial charge in [0.25, 0.3) is 0 Å². The third-order valence-corrected chi connectivity index (χ3v) is 3.99. The van der Waals surface area contributed by atoms with Crippen LogP contribution in [0.4, 0.5) is 0 Å². The van der Waals surface area contributed by atoms with Gasteiger partial charge in [-0.15, -0.1) is 6.42 Å². The molecule has 4 nitrogen and oxygen atoms in total. The average Bonchev–Trinajstić information content (AvgIpc) is 3.04. The smallest absolute Gasteiger partial charge is 0.226 e. The van der Waals surface area contributed by atoms with Crippen molar-refractivity contribution >= 4 is 5.91 Å². The number of carbonyl (C=O) groups excluding carboxylic acids is 1. The SMILES string of the molecule is C#Cc1cnc(C2CCCN2C(=O)C(C)C(C)C)[nH]1. The molecule has 0 bridgehead atoms. The number of hydrogen-bond acceptors (Lipinski definition) is 2. The van der Waals surface area contributed by atoms with Crippen LogP contribution in [-0.2, 0) is 4.79 Å². The Morgan fingerprint density at radius 3 is 2.89 bits per heavy atom. The maximum atomic E-state index is 12.5. The molecule has 1 aromatic heterocycles. The molecule has 1 aliphatic heterocycles. The lowest BCUT2D eigenvalue weighted by atomic mass is 9.96. The summed E-state index contributed by atoms with van der Waals surface area (Å²) in [5.41, 5.74) is 0.672. The fourth-order valence-electron chi connectivity index (χ4n) is 2.44. The Bertz CT molecular complexity index is 498. The number of rotatable bonds is 3. The van der Waals surface area contributed by atoms with Gasteiger partial charge in [-0.3, -0.25) is 4.79 Å². The van der Waals surface area contributed by atoms with E-state index in [0.717, 1.165) is 25.2 Å². The van der Waals surface area contributed by atoms with Gasteiger partial charge in [-0.05, 0) is 18.8 Å². The second-order valence-corrected chi connectivity index (χ2v) is 5.55. The van der Waals surface area contributed by atoms with Crippen molar-refractivity contribution in [2.24, 2.45) is 11.8 Å². The van der Waals surface area contributed by atoms with Crippen LogP contribution in [0, 0.1) is 24.2 Å². The van der Waals surface area contributed by atoms with Crippen LogP contribution in [0.1, 0.15) is 51.2 Å². The minimum Gasteiger partial charge on any atom is -0.334 e. The van der Waals surface area contributed by atoms with E-state index in [2.05, 4.69) is 29.7 Å². The molecule has 2 heterocycles. The molecule has 1 fully saturated rings. The normalized spacial score (nSPS) is 20.6. The number of nitrogens with one attached hydrogen (secondary N) is 1. The first-order chi connectivity index (χ1) is 9.04. The number of amides is 1. The van der Waals surface area contributed by atoms with Crippen LogP contribution in [0.5, 0.6) is 0 Å². The Hall–Kier alpha value is -1.76. The van der Waals surface area contributed by atoms with Crippen LogP contribution in [-0.4, -0.2) is 27.3 Å². The van der Waals surface area contributed by atoms with Crippen molar-refractivity contribution in [1.29, 1.82) is 0 Å². The third-order valence-electron chi connectivity index (χ3n) is 3.99. The lowest BCUT2D eigenvalue weighted by Gasteiger charge is -2.27. The Balaban J connectivity index is 2.17. The summed E-state index contributed by atoms with van der Waals surface area (Å²) >= 11 is 0. The minimum absolute atomic E-state index is 0.0441. The summed E-state index contributed by atoms with van der Waals surface area (Å²) in [7, 11) is 0. The molecule has 1 amide bonds. The Morgan fingerprint density at radius 2 is 2.32 bits per heavy atom. The Labute approximate surface area is 114 Å². The molecule has 1 aromatic rings. The second-order valence-electron chi connectivity index (χ2n) is 5.55. The van der Waals surface area contributed by atoms with Crippen LogP contribution in [0.15, 0.2) is 6.20 Å². The van der Waals surface area contributed by atoms with E-state index in [0.29, 0.717) is 11.6 Å². The maximum absolute atomic E-state index is 12.5. The van der Waals surface area contributed by atoms with E-state index >= 15 is 0 Å². The summed E-state index contributed by atoms with van der Waals surface area (Å²) in [6, 6.07) is 0.0517. The van der Waals surface area contributed by atoms with Gasteiger partial charge in [0.05, 0.1) is 12.2 Å². The van der Waals surface area contributed by atoms with E-state index in [9.17, 15) is 4.79 Å². The second kappa shape index (κ2) is 5.48. The van der Waals surface area contributed by atoms with E-state index in [1.807, 2.05) is 11.8 Å². The van der Waals surface area contributed by atoms with E-state index < -0.39 is 0 Å². The van der Waals surface area contributed by atoms with Gasteiger partial charge < -0.3 is 9.88 Å². The number of aromatic amines is 1. The molecule has 0 aromatic carbocycles. The number of terminal acetylenes is 1. The van der Waals surface area contributed by atoms with Crippen LogP contribution in [0.25, 0.3) is 0 Å². The standard InChI is InChI=1S/C15H21N3O/c1-5-12-9-16-14(17-12)13-7-6-8-18(13)15(19)11(4)10(2)3/h1,9-11,13H,6-8H2,2-4H3,(H,16,17). The predicted octanol–water partition coefficient (Wildman–Crippen LogP) is 2.35. The molecule has 19 heavy (non-hydrogen) atoms. The Kier molecular flexibility index (Phi) is 3.94. The number of imidazole rings is 1. The monoisotopic (exact) mass is 259 g/mol. The van der Waals surface area contributed by atoms with E-state index in [4.69, 9.17) is 6.42 Å². The quantitative estimate of drug-likeness (QED) is 0.847. The molecule has 0 radical (unpaired) electrons. The molecular formula is C15H21N3O. The van der Waals surface area contributed by atoms with Crippen molar-refractivity contribution in [1.82, 2.24) is 14.9 Å². The van der Waals surface area contributed by atoms with Gasteiger partial charge in [0, 0.05) is 12.5 Å². The molecule has 1 N–H and O–H groups in total. The lowest BCUT2D eigenvalue weighted by Crippen LogP contribution is -2.36. The molecule has 0 aliphatic carbocycles. The highest BCUT2D eigenvalue weighted by molar-refractivity contribution is 5.79. The highest BCUT2D eigenvalue weighted by atomic mass is 16.2. The van der Waals surface area contributed by atoms with Crippen LogP contribution in [0.2, 0.25) is 0 Å². The lowest BCUT2D eigenvalue weighted by molar-refractivity contribution is -0.137. The molecule has 2 rings (SSSR count). The molecule has 2 atom stereocenters. The van der Waals surface area contributed by atoms with Gasteiger partial charge in [-0.25, -0.2) is 4.98 Å². The number of hydrogen-bond donors (Lipinski definition) is 1. The van der Waals surface area contributed by atoms with Crippen LogP contribution >= 0.6 is 0 Å². The number of carbonyl (C=O) groups is 1. The van der Waals surface area contributed by atoms with Crippen molar-refractivity contribution < 1.29 is 4.79 Å². The summed E-state index contributed by atoms with van der Waals surface area (Å²) in [6.07, 6.45) is 8.97. The van der Waals surface area contributed by atoms with E-state index in [1.54, 1.807) is 6.20 Å². The molecule has 1 saturated heterocycles. The molecule has 0 saturated carbocycles. The zero-order chi connectivity index (χ0) is 14.0. The molecule has 4 heteroatoms. The molecular weight excluding hydrogens is 238 g/mol. The highest BCUT2D eigenvalue weighted by Crippen LogP contribution is 2.32. The van der Waals surface area contributed by atoms with Gasteiger partial charge in [-0.1, -0.05) is 26.7 Å². The molecule has 2 unspecified atom stereocenters. The predicted molar refractivity (Wildman–Crippen MR) is 74.2 cm³/mol. The van der Waals surface area contributed by atoms with Gasteiger partial charge in [0.15, 0.2) is 0 Å². The molecule has 0 spiro atoms. The highest BCUT2D eigenvalue weighted by Gasteiger charge is 2.34. The number of H-pyrrole nitrogens is 1. The minimum atomic E-state index is 0.0441. The third kappa shape index (κ3) is 2.65. The fourth-order valence-corrected chi connectivity index (χ4v) is 2.44. The van der Waals surface area contributed by atoms with Crippen molar-refractivity contribution in [2.45, 2.75) is 39.7 Å². The summed E-state index contributed by atoms with van der Waals surface area (Å²) in [5.74, 6) is 3.97. The topological polar surface area (TPSA) is 49.0 Å². The average molecular weight is 259 g/mol. The number of likely N-dealkylation sites (tertiary alicyclic amines) is 1. The first-order valence-electron chi connectivity index (χ1n) is 6.86. The van der Waals surface area contributed by atoms with Gasteiger partial charge in [-0.2, -0.15) is 0 Å². The summed E-state index contributed by atoms with van der Waals surface area (Å²) in [5, 5.41) is 0. The van der Waals surface area contributed by atoms with E-state index in [-0.39, 0.29) is 17.9 Å². The first kappa shape index (κ1) is 13.7. The van der Waals surface area contributed by atoms with Crippen molar-refractivity contribution in [3.63, 3.8) is 0 Å². The van der Waals surface area contributed by atoms with Gasteiger partial charge >= 0.3 is 0 Å². The van der Waals surface area contributed by atoms with Gasteiger partial charge in [0.1, 0.15) is 11.5 Å². The maximum Gasteiger partial charge on any atom is 0.226 e. The summed E-state index contributed by atoms with van der Waals surface area (Å²) < 4.78 is 0. The number of aromatic nitrogens is 2. The number of nitrogens with zero attached hydrogens (tertiary/aromatic N) is 2.